The molecule has 0 aliphatic rings. The van der Waals surface area contributed by atoms with Gasteiger partial charge in [0.2, 0.25) is 0 Å². The van der Waals surface area contributed by atoms with Crippen molar-refractivity contribution in [2.75, 3.05) is 5.43 Å². The standard InChI is InChI=1S/C12H12Cl2FN3/c1-3-7-5(2)12(18-16)9-8(17-7)4-6(13)11(15)10(9)14/h4H,3,16H2,1-2H3,(H,17,18). The van der Waals surface area contributed by atoms with Gasteiger partial charge < -0.3 is 5.43 Å². The maximum absolute atomic E-state index is 13.7. The molecule has 3 nitrogen and oxygen atoms in total. The van der Waals surface area contributed by atoms with E-state index in [4.69, 9.17) is 29.0 Å². The molecular weight excluding hydrogens is 276 g/mol. The first kappa shape index (κ1) is 13.3. The number of hydrogen-bond acceptors (Lipinski definition) is 3. The fourth-order valence-electron chi connectivity index (χ4n) is 1.99. The zero-order valence-corrected chi connectivity index (χ0v) is 11.5. The molecule has 0 spiro atoms. The van der Waals surface area contributed by atoms with E-state index in [1.54, 1.807) is 0 Å². The average molecular weight is 288 g/mol. The van der Waals surface area contributed by atoms with Crippen LogP contribution in [0.1, 0.15) is 18.2 Å². The van der Waals surface area contributed by atoms with Gasteiger partial charge in [0.05, 0.1) is 21.2 Å². The van der Waals surface area contributed by atoms with Crippen molar-refractivity contribution in [2.45, 2.75) is 20.3 Å². The van der Waals surface area contributed by atoms with Gasteiger partial charge in [-0.2, -0.15) is 0 Å². The number of nitrogen functional groups attached to an aromatic ring is 1. The molecule has 0 radical (unpaired) electrons. The minimum absolute atomic E-state index is 0.0473. The molecule has 0 saturated carbocycles. The van der Waals surface area contributed by atoms with Gasteiger partial charge in [0.15, 0.2) is 5.82 Å². The summed E-state index contributed by atoms with van der Waals surface area (Å²) in [7, 11) is 0. The van der Waals surface area contributed by atoms with E-state index in [2.05, 4.69) is 10.4 Å². The Hall–Kier alpha value is -1.10. The lowest BCUT2D eigenvalue weighted by Crippen LogP contribution is -2.11. The number of hydrazine groups is 1. The van der Waals surface area contributed by atoms with Gasteiger partial charge >= 0.3 is 0 Å². The molecule has 3 N–H and O–H groups in total. The third-order valence-electron chi connectivity index (χ3n) is 2.93. The van der Waals surface area contributed by atoms with E-state index < -0.39 is 5.82 Å². The van der Waals surface area contributed by atoms with E-state index in [1.807, 2.05) is 13.8 Å². The number of nitrogens with zero attached hydrogens (tertiary/aromatic N) is 1. The number of nitrogens with two attached hydrogens (primary N) is 1. The molecule has 18 heavy (non-hydrogen) atoms. The van der Waals surface area contributed by atoms with E-state index in [0.717, 1.165) is 17.7 Å². The van der Waals surface area contributed by atoms with Crippen molar-refractivity contribution in [3.05, 3.63) is 33.2 Å². The van der Waals surface area contributed by atoms with Gasteiger partial charge in [-0.1, -0.05) is 30.1 Å². The van der Waals surface area contributed by atoms with Gasteiger partial charge in [-0.25, -0.2) is 4.39 Å². The lowest BCUT2D eigenvalue weighted by Gasteiger charge is -2.14. The molecule has 0 atom stereocenters. The summed E-state index contributed by atoms with van der Waals surface area (Å²) in [6, 6.07) is 1.46. The van der Waals surface area contributed by atoms with Crippen molar-refractivity contribution in [2.24, 2.45) is 5.84 Å². The number of fused-ring (bicyclic) bond motifs is 1. The van der Waals surface area contributed by atoms with E-state index in [-0.39, 0.29) is 10.0 Å². The molecule has 6 heteroatoms. The average Bonchev–Trinajstić information content (AvgIpc) is 2.36. The quantitative estimate of drug-likeness (QED) is 0.501. The molecule has 0 aliphatic heterocycles. The molecule has 0 saturated heterocycles. The number of anilines is 1. The van der Waals surface area contributed by atoms with Crippen LogP contribution in [0.3, 0.4) is 0 Å². The van der Waals surface area contributed by atoms with E-state index in [9.17, 15) is 4.39 Å². The van der Waals surface area contributed by atoms with Gasteiger partial charge in [0.25, 0.3) is 0 Å². The van der Waals surface area contributed by atoms with Crippen LogP contribution in [0.15, 0.2) is 6.07 Å². The molecule has 96 valence electrons. The summed E-state index contributed by atoms with van der Waals surface area (Å²) in [6.45, 7) is 3.84. The maximum Gasteiger partial charge on any atom is 0.161 e. The zero-order chi connectivity index (χ0) is 13.4. The number of aryl methyl sites for hydroxylation is 1. The normalized spacial score (nSPS) is 11.0. The second-order valence-electron chi connectivity index (χ2n) is 3.94. The third-order valence-corrected chi connectivity index (χ3v) is 3.56. The molecule has 1 aromatic carbocycles. The molecule has 0 unspecified atom stereocenters. The number of nitrogens with one attached hydrogen (secondary N) is 1. The first-order valence-corrected chi connectivity index (χ1v) is 6.20. The second kappa shape index (κ2) is 4.88. The van der Waals surface area contributed by atoms with Crippen LogP contribution in [0.4, 0.5) is 10.1 Å². The number of hydrogen-bond donors (Lipinski definition) is 2. The molecule has 1 heterocycles. The van der Waals surface area contributed by atoms with Crippen molar-refractivity contribution in [1.82, 2.24) is 4.98 Å². The summed E-state index contributed by atoms with van der Waals surface area (Å²) in [5.74, 6) is 4.85. The van der Waals surface area contributed by atoms with Crippen molar-refractivity contribution in [1.29, 1.82) is 0 Å². The van der Waals surface area contributed by atoms with Crippen molar-refractivity contribution in [3.8, 4) is 0 Å². The van der Waals surface area contributed by atoms with Gasteiger partial charge in [-0.3, -0.25) is 10.8 Å². The summed E-state index contributed by atoms with van der Waals surface area (Å²) in [5.41, 5.74) is 5.40. The van der Waals surface area contributed by atoms with Crippen LogP contribution in [-0.2, 0) is 6.42 Å². The van der Waals surface area contributed by atoms with Gasteiger partial charge in [0, 0.05) is 11.1 Å². The summed E-state index contributed by atoms with van der Waals surface area (Å²) >= 11 is 11.8. The number of pyridine rings is 1. The van der Waals surface area contributed by atoms with Gasteiger partial charge in [-0.05, 0) is 25.0 Å². The number of benzene rings is 1. The highest BCUT2D eigenvalue weighted by Gasteiger charge is 2.17. The van der Waals surface area contributed by atoms with Crippen LogP contribution >= 0.6 is 23.2 Å². The lowest BCUT2D eigenvalue weighted by molar-refractivity contribution is 0.630. The van der Waals surface area contributed by atoms with Crippen molar-refractivity contribution in [3.63, 3.8) is 0 Å². The number of rotatable bonds is 2. The Morgan fingerprint density at radius 2 is 2.11 bits per heavy atom. The monoisotopic (exact) mass is 287 g/mol. The minimum Gasteiger partial charge on any atom is -0.323 e. The zero-order valence-electron chi connectivity index (χ0n) is 9.94. The summed E-state index contributed by atoms with van der Waals surface area (Å²) in [6.07, 6.45) is 0.739. The predicted octanol–water partition coefficient (Wildman–Crippen LogP) is 3.84. The Labute approximate surface area is 114 Å². The van der Waals surface area contributed by atoms with Crippen LogP contribution in [0.2, 0.25) is 10.0 Å². The predicted molar refractivity (Wildman–Crippen MR) is 73.6 cm³/mol. The molecule has 0 aliphatic carbocycles. The Bertz CT molecular complexity index is 629. The largest absolute Gasteiger partial charge is 0.323 e. The SMILES string of the molecule is CCc1nc2cc(Cl)c(F)c(Cl)c2c(NN)c1C. The highest BCUT2D eigenvalue weighted by molar-refractivity contribution is 6.39. The Kier molecular flexibility index (Phi) is 3.61. The van der Waals surface area contributed by atoms with Crippen molar-refractivity contribution >= 4 is 39.8 Å². The highest BCUT2D eigenvalue weighted by atomic mass is 35.5. The van der Waals surface area contributed by atoms with E-state index in [1.165, 1.54) is 6.07 Å². The summed E-state index contributed by atoms with van der Waals surface area (Å²) < 4.78 is 13.7. The number of aromatic nitrogens is 1. The van der Waals surface area contributed by atoms with Gasteiger partial charge in [-0.15, -0.1) is 0 Å². The molecule has 0 amide bonds. The second-order valence-corrected chi connectivity index (χ2v) is 4.72. The Balaban J connectivity index is 2.98. The summed E-state index contributed by atoms with van der Waals surface area (Å²) in [4.78, 5) is 4.43. The van der Waals surface area contributed by atoms with Crippen molar-refractivity contribution < 1.29 is 4.39 Å². The molecule has 2 rings (SSSR count). The van der Waals surface area contributed by atoms with Crippen LogP contribution in [0, 0.1) is 12.7 Å². The highest BCUT2D eigenvalue weighted by Crippen LogP contribution is 2.37. The lowest BCUT2D eigenvalue weighted by atomic mass is 10.1. The van der Waals surface area contributed by atoms with Crippen LogP contribution in [-0.4, -0.2) is 4.98 Å². The van der Waals surface area contributed by atoms with Gasteiger partial charge in [0.1, 0.15) is 0 Å². The smallest absolute Gasteiger partial charge is 0.161 e. The van der Waals surface area contributed by atoms with Crippen LogP contribution in [0.25, 0.3) is 10.9 Å². The Morgan fingerprint density at radius 1 is 1.44 bits per heavy atom. The van der Waals surface area contributed by atoms with Crippen LogP contribution in [0.5, 0.6) is 0 Å². The fourth-order valence-corrected chi connectivity index (χ4v) is 2.53. The van der Waals surface area contributed by atoms with Crippen LogP contribution < -0.4 is 11.3 Å². The molecule has 0 bridgehead atoms. The first-order chi connectivity index (χ1) is 8.51. The first-order valence-electron chi connectivity index (χ1n) is 5.44. The minimum atomic E-state index is -0.659. The number of halogens is 3. The van der Waals surface area contributed by atoms with E-state index >= 15 is 0 Å². The molecule has 1 aromatic heterocycles. The topological polar surface area (TPSA) is 50.9 Å². The third kappa shape index (κ3) is 1.90. The molecular formula is C12H12Cl2FN3. The molecule has 0 fully saturated rings. The maximum atomic E-state index is 13.7. The fraction of sp³-hybridized carbons (Fsp3) is 0.250. The Morgan fingerprint density at radius 3 is 2.67 bits per heavy atom. The van der Waals surface area contributed by atoms with E-state index in [0.29, 0.717) is 16.6 Å². The molecule has 2 aromatic rings. The summed E-state index contributed by atoms with van der Waals surface area (Å²) in [5, 5.41) is 0.341.